The van der Waals surface area contributed by atoms with E-state index in [4.69, 9.17) is 15.2 Å². The fourth-order valence-corrected chi connectivity index (χ4v) is 3.78. The van der Waals surface area contributed by atoms with Gasteiger partial charge < -0.3 is 25.6 Å². The van der Waals surface area contributed by atoms with Crippen molar-refractivity contribution in [1.82, 2.24) is 15.1 Å². The van der Waals surface area contributed by atoms with Crippen molar-refractivity contribution >= 4 is 11.8 Å². The number of nitrogens with zero attached hydrogens (tertiary/aromatic N) is 2. The summed E-state index contributed by atoms with van der Waals surface area (Å²) in [4.78, 5) is 24.1. The van der Waals surface area contributed by atoms with Crippen molar-refractivity contribution in [3.8, 4) is 0 Å². The van der Waals surface area contributed by atoms with E-state index >= 15 is 0 Å². The molecule has 0 aliphatic carbocycles. The smallest absolute Gasteiger partial charge is 0.269 e. The van der Waals surface area contributed by atoms with Crippen LogP contribution in [0.1, 0.15) is 70.1 Å². The van der Waals surface area contributed by atoms with Crippen molar-refractivity contribution < 1.29 is 24.2 Å². The third-order valence-electron chi connectivity index (χ3n) is 5.40. The second-order valence-electron chi connectivity index (χ2n) is 7.73. The number of nitrogens with two attached hydrogens (primary N) is 1. The summed E-state index contributed by atoms with van der Waals surface area (Å²) in [7, 11) is 0. The summed E-state index contributed by atoms with van der Waals surface area (Å²) in [5.74, 6) is -0.651. The number of aryl methyl sites for hydroxylation is 2. The number of ether oxygens (including phenoxy) is 2. The predicted molar refractivity (Wildman–Crippen MR) is 118 cm³/mol. The first kappa shape index (κ1) is 23.9. The predicted octanol–water partition coefficient (Wildman–Crippen LogP) is 1.72. The molecule has 0 bridgehead atoms. The van der Waals surface area contributed by atoms with Gasteiger partial charge in [-0.3, -0.25) is 14.3 Å². The number of carbonyl (C=O) groups is 2. The van der Waals surface area contributed by atoms with Gasteiger partial charge in [-0.05, 0) is 51.2 Å². The number of rotatable bonds is 8. The quantitative estimate of drug-likeness (QED) is 0.420. The maximum Gasteiger partial charge on any atom is 0.269 e. The molecule has 0 spiro atoms. The number of fused-ring (bicyclic) bond motifs is 1. The molecule has 9 nitrogen and oxygen atoms in total. The molecule has 3 rings (SSSR count). The summed E-state index contributed by atoms with van der Waals surface area (Å²) in [6.07, 6.45) is 2.43. The lowest BCUT2D eigenvalue weighted by Crippen LogP contribution is -2.28. The van der Waals surface area contributed by atoms with Gasteiger partial charge in [-0.15, -0.1) is 0 Å². The average molecular weight is 445 g/mol. The SMILES string of the molecule is CCn1nc(CCCOC(O)c2cccc(C(N)=O)c2)c2c1C(=O)NCCCOCCC2. The summed E-state index contributed by atoms with van der Waals surface area (Å²) in [6.45, 7) is 4.75. The minimum Gasteiger partial charge on any atom is -0.381 e. The highest BCUT2D eigenvalue weighted by Crippen LogP contribution is 2.21. The van der Waals surface area contributed by atoms with E-state index in [0.717, 1.165) is 30.5 Å². The standard InChI is InChI=1S/C23H32N4O5/c1-2-27-20-18(9-4-12-31-13-6-11-25-22(20)29)19(26-27)10-5-14-32-23(30)17-8-3-7-16(15-17)21(24)28/h3,7-8,15,23,30H,2,4-6,9-14H2,1H3,(H2,24,28)(H,25,29). The third kappa shape index (κ3) is 6.15. The molecule has 1 aliphatic rings. The Hall–Kier alpha value is -2.75. The monoisotopic (exact) mass is 444 g/mol. The van der Waals surface area contributed by atoms with Crippen LogP contribution in [0, 0.1) is 0 Å². The van der Waals surface area contributed by atoms with Crippen LogP contribution < -0.4 is 11.1 Å². The summed E-state index contributed by atoms with van der Waals surface area (Å²) in [6, 6.07) is 6.44. The van der Waals surface area contributed by atoms with E-state index in [2.05, 4.69) is 10.4 Å². The average Bonchev–Trinajstić information content (AvgIpc) is 3.13. The molecular weight excluding hydrogens is 412 g/mol. The number of aromatic nitrogens is 2. The third-order valence-corrected chi connectivity index (χ3v) is 5.40. The number of nitrogens with one attached hydrogen (secondary N) is 1. The molecule has 1 aliphatic heterocycles. The molecule has 2 heterocycles. The molecule has 1 atom stereocenters. The molecule has 0 fully saturated rings. The van der Waals surface area contributed by atoms with Crippen LogP contribution in [0.5, 0.6) is 0 Å². The van der Waals surface area contributed by atoms with Gasteiger partial charge in [-0.2, -0.15) is 5.10 Å². The second kappa shape index (κ2) is 11.8. The molecule has 1 aromatic heterocycles. The van der Waals surface area contributed by atoms with Crippen LogP contribution in [-0.4, -0.2) is 53.1 Å². The van der Waals surface area contributed by atoms with Gasteiger partial charge >= 0.3 is 0 Å². The summed E-state index contributed by atoms with van der Waals surface area (Å²) in [5, 5.41) is 17.9. The summed E-state index contributed by atoms with van der Waals surface area (Å²) < 4.78 is 12.9. The van der Waals surface area contributed by atoms with E-state index in [1.807, 2.05) is 6.92 Å². The number of aliphatic hydroxyl groups is 1. The van der Waals surface area contributed by atoms with Gasteiger partial charge in [0.05, 0.1) is 12.3 Å². The Bertz CT molecular complexity index is 927. The number of carbonyl (C=O) groups excluding carboxylic acids is 2. The Balaban J connectivity index is 1.64. The Morgan fingerprint density at radius 1 is 1.38 bits per heavy atom. The number of aliphatic hydroxyl groups excluding tert-OH is 1. The highest BCUT2D eigenvalue weighted by atomic mass is 16.6. The Kier molecular flexibility index (Phi) is 8.78. The minimum absolute atomic E-state index is 0.0940. The normalized spacial score (nSPS) is 16.0. The maximum absolute atomic E-state index is 12.8. The van der Waals surface area contributed by atoms with Crippen molar-refractivity contribution in [2.24, 2.45) is 5.73 Å². The van der Waals surface area contributed by atoms with Crippen LogP contribution >= 0.6 is 0 Å². The lowest BCUT2D eigenvalue weighted by molar-refractivity contribution is -0.103. The van der Waals surface area contributed by atoms with E-state index in [-0.39, 0.29) is 5.91 Å². The van der Waals surface area contributed by atoms with Crippen LogP contribution in [-0.2, 0) is 28.9 Å². The topological polar surface area (TPSA) is 129 Å². The van der Waals surface area contributed by atoms with Gasteiger partial charge in [0.1, 0.15) is 5.69 Å². The van der Waals surface area contributed by atoms with Gasteiger partial charge in [-0.25, -0.2) is 0 Å². The van der Waals surface area contributed by atoms with E-state index < -0.39 is 12.2 Å². The van der Waals surface area contributed by atoms with Crippen molar-refractivity contribution in [1.29, 1.82) is 0 Å². The molecule has 1 aromatic carbocycles. The Morgan fingerprint density at radius 2 is 2.19 bits per heavy atom. The molecule has 0 radical (unpaired) electrons. The van der Waals surface area contributed by atoms with Crippen molar-refractivity contribution in [2.75, 3.05) is 26.4 Å². The number of primary amides is 1. The van der Waals surface area contributed by atoms with Crippen molar-refractivity contribution in [2.45, 2.75) is 51.9 Å². The molecule has 4 N–H and O–H groups in total. The van der Waals surface area contributed by atoms with Crippen LogP contribution in [0.25, 0.3) is 0 Å². The fourth-order valence-electron chi connectivity index (χ4n) is 3.78. The first-order valence-corrected chi connectivity index (χ1v) is 11.1. The van der Waals surface area contributed by atoms with Crippen molar-refractivity contribution in [3.05, 3.63) is 52.3 Å². The molecule has 2 aromatic rings. The zero-order valence-corrected chi connectivity index (χ0v) is 18.5. The van der Waals surface area contributed by atoms with E-state index in [0.29, 0.717) is 62.6 Å². The van der Waals surface area contributed by atoms with E-state index in [1.165, 1.54) is 6.07 Å². The lowest BCUT2D eigenvalue weighted by atomic mass is 10.0. The number of hydrogen-bond acceptors (Lipinski definition) is 6. The zero-order chi connectivity index (χ0) is 22.9. The molecule has 1 unspecified atom stereocenters. The molecule has 0 saturated heterocycles. The number of hydrogen-bond donors (Lipinski definition) is 3. The highest BCUT2D eigenvalue weighted by Gasteiger charge is 2.23. The van der Waals surface area contributed by atoms with Gasteiger partial charge in [0.15, 0.2) is 6.29 Å². The second-order valence-corrected chi connectivity index (χ2v) is 7.73. The van der Waals surface area contributed by atoms with Crippen LogP contribution in [0.3, 0.4) is 0 Å². The van der Waals surface area contributed by atoms with E-state index in [1.54, 1.807) is 22.9 Å². The summed E-state index contributed by atoms with van der Waals surface area (Å²) >= 11 is 0. The van der Waals surface area contributed by atoms with Gasteiger partial charge in [-0.1, -0.05) is 12.1 Å². The van der Waals surface area contributed by atoms with Crippen LogP contribution in [0.15, 0.2) is 24.3 Å². The molecule has 9 heteroatoms. The molecule has 0 saturated carbocycles. The maximum atomic E-state index is 12.8. The number of benzene rings is 1. The van der Waals surface area contributed by atoms with Crippen LogP contribution in [0.2, 0.25) is 0 Å². The van der Waals surface area contributed by atoms with Crippen LogP contribution in [0.4, 0.5) is 0 Å². The van der Waals surface area contributed by atoms with E-state index in [9.17, 15) is 14.7 Å². The molecular formula is C23H32N4O5. The highest BCUT2D eigenvalue weighted by molar-refractivity contribution is 5.94. The molecule has 32 heavy (non-hydrogen) atoms. The molecule has 2 amide bonds. The zero-order valence-electron chi connectivity index (χ0n) is 18.5. The lowest BCUT2D eigenvalue weighted by Gasteiger charge is -2.13. The van der Waals surface area contributed by atoms with Crippen molar-refractivity contribution in [3.63, 3.8) is 0 Å². The number of amides is 2. The summed E-state index contributed by atoms with van der Waals surface area (Å²) in [5.41, 5.74) is 8.56. The molecule has 174 valence electrons. The van der Waals surface area contributed by atoms with Gasteiger partial charge in [0, 0.05) is 43.0 Å². The fraction of sp³-hybridized carbons (Fsp3) is 0.522. The first-order valence-electron chi connectivity index (χ1n) is 11.1. The Morgan fingerprint density at radius 3 is 2.97 bits per heavy atom. The first-order chi connectivity index (χ1) is 15.5. The van der Waals surface area contributed by atoms with Gasteiger partial charge in [0.25, 0.3) is 5.91 Å². The van der Waals surface area contributed by atoms with Gasteiger partial charge in [0.2, 0.25) is 5.91 Å². The minimum atomic E-state index is -1.15. The Labute approximate surface area is 187 Å². The largest absolute Gasteiger partial charge is 0.381 e.